The van der Waals surface area contributed by atoms with Gasteiger partial charge in [0.25, 0.3) is 0 Å². The maximum atomic E-state index is 12.3. The number of nitrogens with one attached hydrogen (secondary N) is 2. The predicted molar refractivity (Wildman–Crippen MR) is 110 cm³/mol. The first-order valence-corrected chi connectivity index (χ1v) is 9.73. The second-order valence-electron chi connectivity index (χ2n) is 6.56. The fourth-order valence-corrected chi connectivity index (χ4v) is 3.66. The lowest BCUT2D eigenvalue weighted by atomic mass is 9.98. The van der Waals surface area contributed by atoms with Gasteiger partial charge in [-0.15, -0.1) is 11.3 Å². The van der Waals surface area contributed by atoms with Crippen LogP contribution in [-0.4, -0.2) is 12.5 Å². The highest BCUT2D eigenvalue weighted by atomic mass is 32.1. The Morgan fingerprint density at radius 1 is 0.923 bits per heavy atom. The lowest BCUT2D eigenvalue weighted by Crippen LogP contribution is -2.31. The average Bonchev–Trinajstić information content (AvgIpc) is 3.17. The Kier molecular flexibility index (Phi) is 6.21. The molecule has 0 aliphatic rings. The van der Waals surface area contributed by atoms with Crippen molar-refractivity contribution in [1.82, 2.24) is 5.32 Å². The molecular weight excluding hydrogens is 340 g/mol. The van der Waals surface area contributed by atoms with Gasteiger partial charge in [0, 0.05) is 10.6 Å². The third-order valence-corrected chi connectivity index (χ3v) is 5.23. The molecule has 0 spiro atoms. The summed E-state index contributed by atoms with van der Waals surface area (Å²) in [6, 6.07) is 22.3. The van der Waals surface area contributed by atoms with E-state index in [1.165, 1.54) is 16.0 Å². The van der Waals surface area contributed by atoms with Gasteiger partial charge in [0.15, 0.2) is 0 Å². The molecule has 3 aromatic rings. The van der Waals surface area contributed by atoms with Gasteiger partial charge < -0.3 is 5.32 Å². The van der Waals surface area contributed by atoms with Gasteiger partial charge in [-0.25, -0.2) is 0 Å². The molecule has 3 rings (SSSR count). The summed E-state index contributed by atoms with van der Waals surface area (Å²) in [7, 11) is 0. The van der Waals surface area contributed by atoms with Crippen molar-refractivity contribution in [2.45, 2.75) is 25.8 Å². The Labute approximate surface area is 159 Å². The van der Waals surface area contributed by atoms with Crippen LogP contribution in [0.5, 0.6) is 0 Å². The Balaban J connectivity index is 1.70. The molecule has 1 heterocycles. The van der Waals surface area contributed by atoms with Crippen LogP contribution < -0.4 is 10.6 Å². The molecule has 1 atom stereocenters. The molecule has 0 bridgehead atoms. The standard InChI is InChI=1S/C22H24N2OS/c1-16(2)17-10-12-18(13-11-17)22(20-9-6-14-26-20)23-15-21(25)24-19-7-4-3-5-8-19/h3-14,16,22-23H,15H2,1-2H3,(H,24,25)/t22-/m1/s1. The number of para-hydroxylation sites is 1. The molecular formula is C22H24N2OS. The van der Waals surface area contributed by atoms with E-state index < -0.39 is 0 Å². The van der Waals surface area contributed by atoms with Crippen LogP contribution >= 0.6 is 11.3 Å². The molecule has 0 aliphatic heterocycles. The Bertz CT molecular complexity index is 811. The number of rotatable bonds is 7. The number of hydrogen-bond acceptors (Lipinski definition) is 3. The number of thiophene rings is 1. The fraction of sp³-hybridized carbons (Fsp3) is 0.227. The highest BCUT2D eigenvalue weighted by Crippen LogP contribution is 2.27. The number of anilines is 1. The van der Waals surface area contributed by atoms with Crippen LogP contribution in [0.4, 0.5) is 5.69 Å². The van der Waals surface area contributed by atoms with E-state index in [9.17, 15) is 4.79 Å². The predicted octanol–water partition coefficient (Wildman–Crippen LogP) is 5.19. The molecule has 0 aliphatic carbocycles. The first-order valence-electron chi connectivity index (χ1n) is 8.85. The summed E-state index contributed by atoms with van der Waals surface area (Å²) >= 11 is 1.70. The minimum absolute atomic E-state index is 0.0118. The Morgan fingerprint density at radius 3 is 2.23 bits per heavy atom. The normalized spacial score (nSPS) is 12.1. The molecule has 1 amide bonds. The van der Waals surface area contributed by atoms with Crippen molar-refractivity contribution in [3.63, 3.8) is 0 Å². The van der Waals surface area contributed by atoms with E-state index in [0.29, 0.717) is 5.92 Å². The first-order chi connectivity index (χ1) is 12.6. The number of benzene rings is 2. The van der Waals surface area contributed by atoms with E-state index in [4.69, 9.17) is 0 Å². The van der Waals surface area contributed by atoms with Crippen LogP contribution in [-0.2, 0) is 4.79 Å². The lowest BCUT2D eigenvalue weighted by Gasteiger charge is -2.19. The minimum Gasteiger partial charge on any atom is -0.325 e. The van der Waals surface area contributed by atoms with E-state index in [2.05, 4.69) is 60.2 Å². The molecule has 134 valence electrons. The van der Waals surface area contributed by atoms with E-state index in [0.717, 1.165) is 5.69 Å². The number of amides is 1. The maximum absolute atomic E-state index is 12.3. The summed E-state index contributed by atoms with van der Waals surface area (Å²) in [5.74, 6) is 0.463. The van der Waals surface area contributed by atoms with Crippen molar-refractivity contribution in [3.8, 4) is 0 Å². The van der Waals surface area contributed by atoms with Crippen molar-refractivity contribution in [1.29, 1.82) is 0 Å². The minimum atomic E-state index is -0.0449. The van der Waals surface area contributed by atoms with Gasteiger partial charge in [0.2, 0.25) is 5.91 Å². The highest BCUT2D eigenvalue weighted by Gasteiger charge is 2.16. The van der Waals surface area contributed by atoms with Gasteiger partial charge in [-0.3, -0.25) is 10.1 Å². The van der Waals surface area contributed by atoms with Crippen molar-refractivity contribution >= 4 is 22.9 Å². The lowest BCUT2D eigenvalue weighted by molar-refractivity contribution is -0.115. The van der Waals surface area contributed by atoms with Crippen LogP contribution in [0, 0.1) is 0 Å². The van der Waals surface area contributed by atoms with Crippen LogP contribution in [0.15, 0.2) is 72.1 Å². The first kappa shape index (κ1) is 18.4. The molecule has 0 saturated carbocycles. The van der Waals surface area contributed by atoms with E-state index in [1.54, 1.807) is 11.3 Å². The second-order valence-corrected chi connectivity index (χ2v) is 7.54. The van der Waals surface area contributed by atoms with Crippen molar-refractivity contribution in [2.75, 3.05) is 11.9 Å². The van der Waals surface area contributed by atoms with E-state index >= 15 is 0 Å². The van der Waals surface area contributed by atoms with Crippen LogP contribution in [0.2, 0.25) is 0 Å². The van der Waals surface area contributed by atoms with Gasteiger partial charge >= 0.3 is 0 Å². The number of carbonyl (C=O) groups excluding carboxylic acids is 1. The average molecular weight is 365 g/mol. The molecule has 0 unspecified atom stereocenters. The van der Waals surface area contributed by atoms with Gasteiger partial charge in [0.1, 0.15) is 0 Å². The zero-order valence-electron chi connectivity index (χ0n) is 15.1. The monoisotopic (exact) mass is 364 g/mol. The molecule has 1 aromatic heterocycles. The fourth-order valence-electron chi connectivity index (χ4n) is 2.83. The molecule has 4 heteroatoms. The van der Waals surface area contributed by atoms with Gasteiger partial charge in [0.05, 0.1) is 12.6 Å². The van der Waals surface area contributed by atoms with Gasteiger partial charge in [-0.2, -0.15) is 0 Å². The zero-order valence-corrected chi connectivity index (χ0v) is 15.9. The second kappa shape index (κ2) is 8.79. The van der Waals surface area contributed by atoms with Crippen molar-refractivity contribution in [2.24, 2.45) is 0 Å². The smallest absolute Gasteiger partial charge is 0.238 e. The molecule has 26 heavy (non-hydrogen) atoms. The van der Waals surface area contributed by atoms with Gasteiger partial charge in [-0.05, 0) is 40.6 Å². The van der Waals surface area contributed by atoms with E-state index in [-0.39, 0.29) is 18.5 Å². The molecule has 2 aromatic carbocycles. The maximum Gasteiger partial charge on any atom is 0.238 e. The third kappa shape index (κ3) is 4.81. The summed E-state index contributed by atoms with van der Waals surface area (Å²) in [6.07, 6.45) is 0. The number of hydrogen-bond donors (Lipinski definition) is 2. The molecule has 0 radical (unpaired) electrons. The molecule has 2 N–H and O–H groups in total. The quantitative estimate of drug-likeness (QED) is 0.606. The van der Waals surface area contributed by atoms with Crippen LogP contribution in [0.25, 0.3) is 0 Å². The summed E-state index contributed by atoms with van der Waals surface area (Å²) in [5, 5.41) is 8.39. The third-order valence-electron chi connectivity index (χ3n) is 4.29. The SMILES string of the molecule is CC(C)c1ccc([C@@H](NCC(=O)Nc2ccccc2)c2cccs2)cc1. The topological polar surface area (TPSA) is 41.1 Å². The van der Waals surface area contributed by atoms with Gasteiger partial charge in [-0.1, -0.05) is 62.4 Å². The molecule has 0 fully saturated rings. The highest BCUT2D eigenvalue weighted by molar-refractivity contribution is 7.10. The van der Waals surface area contributed by atoms with Crippen molar-refractivity contribution < 1.29 is 4.79 Å². The summed E-state index contributed by atoms with van der Waals surface area (Å²) in [6.45, 7) is 4.64. The van der Waals surface area contributed by atoms with Crippen LogP contribution in [0.3, 0.4) is 0 Å². The largest absolute Gasteiger partial charge is 0.325 e. The summed E-state index contributed by atoms with van der Waals surface area (Å²) in [4.78, 5) is 13.5. The van der Waals surface area contributed by atoms with E-state index in [1.807, 2.05) is 36.4 Å². The van der Waals surface area contributed by atoms with Crippen molar-refractivity contribution in [3.05, 3.63) is 88.1 Å². The zero-order chi connectivity index (χ0) is 18.4. The Morgan fingerprint density at radius 2 is 1.62 bits per heavy atom. The van der Waals surface area contributed by atoms with Crippen LogP contribution in [0.1, 0.15) is 41.8 Å². The molecule has 3 nitrogen and oxygen atoms in total. The molecule has 0 saturated heterocycles. The summed E-state index contributed by atoms with van der Waals surface area (Å²) < 4.78 is 0. The Hall–Kier alpha value is -2.43. The number of carbonyl (C=O) groups is 1. The summed E-state index contributed by atoms with van der Waals surface area (Å²) in [5.41, 5.74) is 3.30.